The van der Waals surface area contributed by atoms with Crippen molar-refractivity contribution in [1.82, 2.24) is 4.65 Å². The summed E-state index contributed by atoms with van der Waals surface area (Å²) in [5.41, 5.74) is 0.769. The summed E-state index contributed by atoms with van der Waals surface area (Å²) in [5, 5.41) is 27.7. The number of hydrogen-bond donors (Lipinski definition) is 0. The summed E-state index contributed by atoms with van der Waals surface area (Å²) in [5.74, 6) is 0.137. The van der Waals surface area contributed by atoms with Crippen LogP contribution in [0.5, 0.6) is 0 Å². The lowest BCUT2D eigenvalue weighted by molar-refractivity contribution is -0.356. The highest BCUT2D eigenvalue weighted by Crippen LogP contribution is 2.42. The Morgan fingerprint density at radius 1 is 1.10 bits per heavy atom. The first-order chi connectivity index (χ1) is 9.99. The van der Waals surface area contributed by atoms with Crippen LogP contribution in [-0.2, 0) is 0 Å². The Kier molecular flexibility index (Phi) is 2.59. The van der Waals surface area contributed by atoms with E-state index < -0.39 is 4.65 Å². The number of amidine groups is 1. The highest BCUT2D eigenvalue weighted by atomic mass is 79.9. The molecule has 4 rings (SSSR count). The van der Waals surface area contributed by atoms with Crippen molar-refractivity contribution in [2.75, 3.05) is 0 Å². The van der Waals surface area contributed by atoms with E-state index in [0.29, 0.717) is 21.1 Å². The Balaban J connectivity index is 2.12. The summed E-state index contributed by atoms with van der Waals surface area (Å²) in [6, 6.07) is 10.4. The molecule has 0 radical (unpaired) electrons. The van der Waals surface area contributed by atoms with Crippen LogP contribution in [-0.4, -0.2) is 10.6 Å². The van der Waals surface area contributed by atoms with Crippen molar-refractivity contribution in [2.45, 2.75) is 0 Å². The molecule has 1 atom stereocenters. The number of quaternary nitrogens is 1. The van der Waals surface area contributed by atoms with Crippen molar-refractivity contribution in [3.8, 4) is 0 Å². The van der Waals surface area contributed by atoms with E-state index in [0.717, 1.165) is 14.9 Å². The Morgan fingerprint density at radius 2 is 1.90 bits per heavy atom. The van der Waals surface area contributed by atoms with Gasteiger partial charge in [-0.3, -0.25) is 0 Å². The number of benzene rings is 2. The molecule has 0 aliphatic carbocycles. The Morgan fingerprint density at radius 3 is 2.71 bits per heavy atom. The normalized spacial score (nSPS) is 22.0. The predicted octanol–water partition coefficient (Wildman–Crippen LogP) is 2.69. The smallest absolute Gasteiger partial charge is 0.391 e. The monoisotopic (exact) mass is 362 g/mol. The van der Waals surface area contributed by atoms with Crippen LogP contribution >= 0.6 is 27.5 Å². The van der Waals surface area contributed by atoms with Gasteiger partial charge in [0.1, 0.15) is 6.20 Å². The van der Waals surface area contributed by atoms with Gasteiger partial charge in [0.25, 0.3) is 5.69 Å². The van der Waals surface area contributed by atoms with Crippen LogP contribution in [0.1, 0.15) is 0 Å². The molecule has 1 unspecified atom stereocenters. The van der Waals surface area contributed by atoms with Gasteiger partial charge >= 0.3 is 5.84 Å². The minimum Gasteiger partial charge on any atom is -0.614 e. The lowest BCUT2D eigenvalue weighted by Gasteiger charge is -2.30. The average Bonchev–Trinajstić information content (AvgIpc) is 2.64. The van der Waals surface area contributed by atoms with Crippen molar-refractivity contribution in [2.24, 2.45) is 0 Å². The summed E-state index contributed by atoms with van der Waals surface area (Å²) in [4.78, 5) is 0. The first-order valence-corrected chi connectivity index (χ1v) is 7.41. The van der Waals surface area contributed by atoms with Crippen molar-refractivity contribution in [3.05, 3.63) is 66.7 Å². The molecule has 2 heterocycles. The molecule has 104 valence electrons. The van der Waals surface area contributed by atoms with E-state index in [9.17, 15) is 10.4 Å². The number of rotatable bonds is 0. The second-order valence-corrected chi connectivity index (χ2v) is 6.34. The lowest BCUT2D eigenvalue weighted by Crippen LogP contribution is -2.49. The van der Waals surface area contributed by atoms with Gasteiger partial charge in [-0.2, -0.15) is 0 Å². The van der Waals surface area contributed by atoms with Crippen LogP contribution in [0.15, 0.2) is 40.9 Å². The van der Waals surface area contributed by atoms with Crippen molar-refractivity contribution >= 4 is 57.0 Å². The Bertz CT molecular complexity index is 955. The molecule has 4 nitrogen and oxygen atoms in total. The van der Waals surface area contributed by atoms with Crippen LogP contribution in [0.25, 0.3) is 12.3 Å². The minimum atomic E-state index is -0.889. The molecule has 0 fully saturated rings. The van der Waals surface area contributed by atoms with Crippen molar-refractivity contribution in [3.63, 3.8) is 0 Å². The summed E-state index contributed by atoms with van der Waals surface area (Å²) in [7, 11) is 0. The minimum absolute atomic E-state index is 0.137. The van der Waals surface area contributed by atoms with Crippen LogP contribution in [0.3, 0.4) is 0 Å². The number of hydrogen-bond acceptors (Lipinski definition) is 2. The van der Waals surface area contributed by atoms with Gasteiger partial charge in [0.15, 0.2) is 0 Å². The van der Waals surface area contributed by atoms with Gasteiger partial charge in [-0.15, -0.1) is 4.74 Å². The molecule has 0 spiro atoms. The summed E-state index contributed by atoms with van der Waals surface area (Å²) in [6.45, 7) is 0. The summed E-state index contributed by atoms with van der Waals surface area (Å²) >= 11 is 9.31. The van der Waals surface area contributed by atoms with Gasteiger partial charge in [0, 0.05) is 26.8 Å². The fourth-order valence-electron chi connectivity index (χ4n) is 2.74. The van der Waals surface area contributed by atoms with Gasteiger partial charge < -0.3 is 10.4 Å². The van der Waals surface area contributed by atoms with E-state index in [1.165, 1.54) is 6.20 Å². The van der Waals surface area contributed by atoms with E-state index in [2.05, 4.69) is 15.9 Å². The molecule has 0 amide bonds. The molecule has 2 aromatic carbocycles. The van der Waals surface area contributed by atoms with Gasteiger partial charge in [-0.1, -0.05) is 33.6 Å². The van der Waals surface area contributed by atoms with Crippen molar-refractivity contribution < 1.29 is 4.74 Å². The van der Waals surface area contributed by atoms with Crippen LogP contribution in [0.4, 0.5) is 11.4 Å². The molecule has 0 aromatic heterocycles. The third-order valence-corrected chi connectivity index (χ3v) is 4.45. The first-order valence-electron chi connectivity index (χ1n) is 6.24. The molecule has 2 aliphatic heterocycles. The maximum atomic E-state index is 13.2. The van der Waals surface area contributed by atoms with E-state index in [4.69, 9.17) is 11.6 Å². The molecule has 0 N–H and O–H groups in total. The topological polar surface area (TPSA) is 49.1 Å². The Hall–Kier alpha value is -1.66. The van der Waals surface area contributed by atoms with E-state index in [1.807, 2.05) is 0 Å². The molecule has 21 heavy (non-hydrogen) atoms. The van der Waals surface area contributed by atoms with E-state index >= 15 is 0 Å². The zero-order valence-electron chi connectivity index (χ0n) is 10.6. The van der Waals surface area contributed by atoms with Gasteiger partial charge in [0.05, 0.1) is 6.08 Å². The summed E-state index contributed by atoms with van der Waals surface area (Å²) < 4.78 is 0.565. The van der Waals surface area contributed by atoms with Crippen molar-refractivity contribution in [1.29, 1.82) is 0 Å². The maximum absolute atomic E-state index is 13.2. The number of hydroxylamine groups is 2. The first kappa shape index (κ1) is 13.0. The van der Waals surface area contributed by atoms with Gasteiger partial charge in [-0.25, -0.2) is 4.65 Å². The highest BCUT2D eigenvalue weighted by Gasteiger charge is 2.45. The molecule has 6 heteroatoms. The fourth-order valence-corrected chi connectivity index (χ4v) is 3.27. The van der Waals surface area contributed by atoms with Gasteiger partial charge in [-0.05, 0) is 23.4 Å². The zero-order valence-corrected chi connectivity index (χ0v) is 12.9. The molecule has 0 bridgehead atoms. The summed E-state index contributed by atoms with van der Waals surface area (Å²) in [6.07, 6.45) is 3.14. The van der Waals surface area contributed by atoms with Crippen LogP contribution in [0.2, 0.25) is 5.02 Å². The maximum Gasteiger partial charge on any atom is 0.391 e. The fraction of sp³-hybridized carbons (Fsp3) is 0. The molecule has 2 aliphatic rings. The van der Waals surface area contributed by atoms with E-state index in [-0.39, 0.29) is 5.84 Å². The van der Waals surface area contributed by atoms with Crippen LogP contribution < -0.4 is 15.1 Å². The Labute approximate surface area is 133 Å². The largest absolute Gasteiger partial charge is 0.614 e. The molecular weight excluding hydrogens is 356 g/mol. The van der Waals surface area contributed by atoms with E-state index in [1.54, 1.807) is 42.5 Å². The SMILES string of the molecule is [O-][N+]1=C2C=c3ccc(Cl)cc3=C[N+]2([O-])c2ccc(Br)cc21. The molecule has 0 saturated carbocycles. The molecule has 0 saturated heterocycles. The second kappa shape index (κ2) is 4.18. The quantitative estimate of drug-likeness (QED) is 0.410. The predicted molar refractivity (Wildman–Crippen MR) is 87.2 cm³/mol. The standard InChI is InChI=1S/C15H8BrClN2O2/c16-11-2-4-14-13(7-11)18(20)15-6-9-1-3-12(17)5-10(9)8-19(14,15)21/h1-8H. The molecular formula is C15H8BrClN2O2. The van der Waals surface area contributed by atoms with Crippen LogP contribution in [0, 0.1) is 10.4 Å². The number of nitrogens with zero attached hydrogens (tertiary/aromatic N) is 2. The zero-order chi connectivity index (χ0) is 14.8. The second-order valence-electron chi connectivity index (χ2n) is 4.99. The average molecular weight is 364 g/mol. The lowest BCUT2D eigenvalue weighted by atomic mass is 10.1. The third kappa shape index (κ3) is 1.72. The molecule has 2 aromatic rings. The third-order valence-electron chi connectivity index (χ3n) is 3.72. The highest BCUT2D eigenvalue weighted by molar-refractivity contribution is 9.10. The van der Waals surface area contributed by atoms with Gasteiger partial charge in [0.2, 0.25) is 5.69 Å². The number of fused-ring (bicyclic) bond motifs is 4. The number of halogens is 2.